The summed E-state index contributed by atoms with van der Waals surface area (Å²) in [5.74, 6) is -1.40. The second-order valence-corrected chi connectivity index (χ2v) is 5.43. The van der Waals surface area contributed by atoms with Gasteiger partial charge in [0.2, 0.25) is 5.88 Å². The van der Waals surface area contributed by atoms with E-state index in [0.717, 1.165) is 12.8 Å². The molecule has 0 amide bonds. The lowest BCUT2D eigenvalue weighted by molar-refractivity contribution is 0.450. The molecule has 0 atom stereocenters. The number of hydrogen-bond acceptors (Lipinski definition) is 3. The maximum Gasteiger partial charge on any atom is 0.351 e. The molecule has 1 aliphatic carbocycles. The van der Waals surface area contributed by atoms with E-state index >= 15 is 0 Å². The molecule has 0 bridgehead atoms. The summed E-state index contributed by atoms with van der Waals surface area (Å²) >= 11 is 8.90. The minimum absolute atomic E-state index is 0.0283. The van der Waals surface area contributed by atoms with Crippen LogP contribution in [0.25, 0.3) is 10.9 Å². The summed E-state index contributed by atoms with van der Waals surface area (Å²) in [5, 5.41) is 9.38. The molecule has 3 rings (SSSR count). The second-order valence-electron chi connectivity index (χ2n) is 4.20. The van der Waals surface area contributed by atoms with Gasteiger partial charge in [-0.2, -0.15) is 4.98 Å². The Bertz CT molecular complexity index is 727. The molecular formula is C11H7BrClFN2O2. The lowest BCUT2D eigenvalue weighted by Gasteiger charge is -2.11. The molecule has 0 aliphatic heterocycles. The van der Waals surface area contributed by atoms with Crippen LogP contribution in [0, 0.1) is 5.82 Å². The quantitative estimate of drug-likeness (QED) is 0.816. The van der Waals surface area contributed by atoms with Gasteiger partial charge in [-0.05, 0) is 34.8 Å². The van der Waals surface area contributed by atoms with Gasteiger partial charge in [0.25, 0.3) is 0 Å². The van der Waals surface area contributed by atoms with Gasteiger partial charge in [0.1, 0.15) is 0 Å². The van der Waals surface area contributed by atoms with Gasteiger partial charge in [0.15, 0.2) is 5.82 Å². The summed E-state index contributed by atoms with van der Waals surface area (Å²) in [4.78, 5) is 15.2. The first-order valence-corrected chi connectivity index (χ1v) is 6.46. The molecule has 1 aliphatic rings. The summed E-state index contributed by atoms with van der Waals surface area (Å²) in [6, 6.07) is 1.56. The van der Waals surface area contributed by atoms with Gasteiger partial charge in [-0.3, -0.25) is 4.57 Å². The molecule has 1 aromatic carbocycles. The number of rotatable bonds is 1. The normalized spacial score (nSPS) is 15.3. The molecule has 0 radical (unpaired) electrons. The van der Waals surface area contributed by atoms with Gasteiger partial charge >= 0.3 is 5.69 Å². The fourth-order valence-corrected chi connectivity index (χ4v) is 2.51. The molecule has 4 nitrogen and oxygen atoms in total. The average molecular weight is 334 g/mol. The van der Waals surface area contributed by atoms with Crippen molar-refractivity contribution in [3.8, 4) is 5.88 Å². The van der Waals surface area contributed by atoms with E-state index in [1.165, 1.54) is 10.6 Å². The van der Waals surface area contributed by atoms with Crippen LogP contribution in [0.4, 0.5) is 4.39 Å². The Morgan fingerprint density at radius 1 is 1.56 bits per heavy atom. The van der Waals surface area contributed by atoms with Crippen LogP contribution in [0.5, 0.6) is 5.88 Å². The fourth-order valence-electron chi connectivity index (χ4n) is 1.97. The number of fused-ring (bicyclic) bond motifs is 1. The molecule has 1 saturated carbocycles. The zero-order valence-corrected chi connectivity index (χ0v) is 11.3. The first-order valence-electron chi connectivity index (χ1n) is 5.29. The van der Waals surface area contributed by atoms with Crippen LogP contribution >= 0.6 is 27.5 Å². The van der Waals surface area contributed by atoms with Crippen molar-refractivity contribution in [1.82, 2.24) is 9.55 Å². The van der Waals surface area contributed by atoms with Crippen LogP contribution in [-0.4, -0.2) is 14.7 Å². The zero-order chi connectivity index (χ0) is 13.0. The van der Waals surface area contributed by atoms with E-state index in [1.807, 2.05) is 0 Å². The van der Waals surface area contributed by atoms with Crippen molar-refractivity contribution in [3.05, 3.63) is 31.9 Å². The van der Waals surface area contributed by atoms with Crippen LogP contribution in [-0.2, 0) is 0 Å². The van der Waals surface area contributed by atoms with Crippen LogP contribution in [0.3, 0.4) is 0 Å². The van der Waals surface area contributed by atoms with Gasteiger partial charge < -0.3 is 5.11 Å². The van der Waals surface area contributed by atoms with E-state index < -0.39 is 17.4 Å². The molecule has 0 saturated heterocycles. The van der Waals surface area contributed by atoms with E-state index in [2.05, 4.69) is 20.9 Å². The predicted octanol–water partition coefficient (Wildman–Crippen LogP) is 2.99. The Hall–Kier alpha value is -1.14. The molecule has 1 aromatic heterocycles. The number of halogens is 3. The summed E-state index contributed by atoms with van der Waals surface area (Å²) in [6.45, 7) is 0. The molecule has 0 spiro atoms. The molecule has 1 heterocycles. The maximum absolute atomic E-state index is 14.0. The summed E-state index contributed by atoms with van der Waals surface area (Å²) < 4.78 is 15.8. The van der Waals surface area contributed by atoms with Crippen LogP contribution in [0.1, 0.15) is 18.9 Å². The minimum Gasteiger partial charge on any atom is -0.493 e. The number of benzene rings is 1. The van der Waals surface area contributed by atoms with Crippen molar-refractivity contribution in [2.24, 2.45) is 0 Å². The second kappa shape index (κ2) is 3.93. The Kier molecular flexibility index (Phi) is 2.60. The van der Waals surface area contributed by atoms with Crippen molar-refractivity contribution in [3.63, 3.8) is 0 Å². The third-order valence-electron chi connectivity index (χ3n) is 2.94. The first-order chi connectivity index (χ1) is 8.50. The van der Waals surface area contributed by atoms with Crippen LogP contribution in [0.2, 0.25) is 5.02 Å². The standard InChI is InChI=1S/C11H7BrClFN2O2/c12-5-3-6-7(9(14)8(5)13)10(17)15-11(18)16(6)4-1-2-4/h3-4H,1-2H2,(H,15,17,18). The van der Waals surface area contributed by atoms with E-state index in [-0.39, 0.29) is 16.5 Å². The van der Waals surface area contributed by atoms with Crippen LogP contribution in [0.15, 0.2) is 15.3 Å². The first kappa shape index (κ1) is 11.9. The number of hydrogen-bond donors (Lipinski definition) is 1. The lowest BCUT2D eigenvalue weighted by Crippen LogP contribution is -2.22. The Morgan fingerprint density at radius 2 is 2.22 bits per heavy atom. The van der Waals surface area contributed by atoms with Crippen molar-refractivity contribution < 1.29 is 9.50 Å². The highest BCUT2D eigenvalue weighted by Crippen LogP contribution is 2.40. The van der Waals surface area contributed by atoms with Crippen molar-refractivity contribution in [2.75, 3.05) is 0 Å². The van der Waals surface area contributed by atoms with E-state index in [1.54, 1.807) is 0 Å². The molecule has 2 aromatic rings. The summed E-state index contributed by atoms with van der Waals surface area (Å²) in [7, 11) is 0. The van der Waals surface area contributed by atoms with Gasteiger partial charge in [0.05, 0.1) is 15.9 Å². The Balaban J connectivity index is 2.53. The van der Waals surface area contributed by atoms with E-state index in [9.17, 15) is 14.3 Å². The molecule has 1 fully saturated rings. The third-order valence-corrected chi connectivity index (χ3v) is 4.17. The topological polar surface area (TPSA) is 55.1 Å². The summed E-state index contributed by atoms with van der Waals surface area (Å²) in [5.41, 5.74) is -0.264. The monoisotopic (exact) mass is 332 g/mol. The smallest absolute Gasteiger partial charge is 0.351 e. The minimum atomic E-state index is -0.777. The molecule has 94 valence electrons. The summed E-state index contributed by atoms with van der Waals surface area (Å²) in [6.07, 6.45) is 1.70. The number of nitrogens with zero attached hydrogens (tertiary/aromatic N) is 2. The van der Waals surface area contributed by atoms with Gasteiger partial charge in [-0.25, -0.2) is 9.18 Å². The highest BCUT2D eigenvalue weighted by molar-refractivity contribution is 9.10. The average Bonchev–Trinajstić information content (AvgIpc) is 3.09. The van der Waals surface area contributed by atoms with E-state index in [0.29, 0.717) is 9.99 Å². The van der Waals surface area contributed by atoms with Gasteiger partial charge in [0, 0.05) is 10.5 Å². The van der Waals surface area contributed by atoms with Crippen LogP contribution < -0.4 is 5.69 Å². The van der Waals surface area contributed by atoms with Crippen molar-refractivity contribution in [2.45, 2.75) is 18.9 Å². The van der Waals surface area contributed by atoms with E-state index in [4.69, 9.17) is 11.6 Å². The van der Waals surface area contributed by atoms with Gasteiger partial charge in [-0.1, -0.05) is 11.6 Å². The molecule has 1 N–H and O–H groups in total. The van der Waals surface area contributed by atoms with Gasteiger partial charge in [-0.15, -0.1) is 0 Å². The molecule has 0 unspecified atom stereocenters. The third kappa shape index (κ3) is 1.63. The Morgan fingerprint density at radius 3 is 2.83 bits per heavy atom. The highest BCUT2D eigenvalue weighted by Gasteiger charge is 2.29. The highest BCUT2D eigenvalue weighted by atomic mass is 79.9. The predicted molar refractivity (Wildman–Crippen MR) is 68.6 cm³/mol. The number of aromatic nitrogens is 2. The SMILES string of the molecule is O=c1nc(O)c2c(F)c(Cl)c(Br)cc2n1C1CC1. The lowest BCUT2D eigenvalue weighted by atomic mass is 10.2. The van der Waals surface area contributed by atoms with Crippen molar-refractivity contribution >= 4 is 38.4 Å². The zero-order valence-electron chi connectivity index (χ0n) is 8.95. The molecular weight excluding hydrogens is 326 g/mol. The number of aromatic hydroxyl groups is 1. The Labute approximate surface area is 114 Å². The molecule has 7 heteroatoms. The largest absolute Gasteiger partial charge is 0.493 e. The maximum atomic E-state index is 14.0. The molecule has 18 heavy (non-hydrogen) atoms. The fraction of sp³-hybridized carbons (Fsp3) is 0.273. The van der Waals surface area contributed by atoms with Crippen molar-refractivity contribution in [1.29, 1.82) is 0 Å².